The average Bonchev–Trinajstić information content (AvgIpc) is 3.23. The predicted molar refractivity (Wildman–Crippen MR) is 118 cm³/mol. The zero-order valence-electron chi connectivity index (χ0n) is 15.4. The van der Waals surface area contributed by atoms with Gasteiger partial charge in [-0.05, 0) is 30.7 Å². The van der Waals surface area contributed by atoms with Crippen LogP contribution in [0.15, 0.2) is 35.3 Å². The second-order valence-corrected chi connectivity index (χ2v) is 9.66. The zero-order valence-corrected chi connectivity index (χ0v) is 18.6. The van der Waals surface area contributed by atoms with Crippen LogP contribution in [0.1, 0.15) is 37.7 Å². The molecular formula is C19H30IN3O2S. The van der Waals surface area contributed by atoms with Crippen molar-refractivity contribution < 1.29 is 8.42 Å². The molecule has 0 aromatic heterocycles. The Morgan fingerprint density at radius 2 is 1.88 bits per heavy atom. The number of nitrogens with one attached hydrogen (secondary N) is 2. The van der Waals surface area contributed by atoms with E-state index in [2.05, 4.69) is 46.0 Å². The van der Waals surface area contributed by atoms with E-state index in [1.165, 1.54) is 31.2 Å². The molecule has 5 nitrogen and oxygen atoms in total. The number of hydrogen-bond donors (Lipinski definition) is 2. The molecule has 0 radical (unpaired) electrons. The molecule has 0 amide bonds. The van der Waals surface area contributed by atoms with Crippen LogP contribution in [-0.2, 0) is 15.3 Å². The molecule has 0 spiro atoms. The van der Waals surface area contributed by atoms with Gasteiger partial charge in [-0.1, -0.05) is 43.2 Å². The van der Waals surface area contributed by atoms with E-state index in [9.17, 15) is 8.42 Å². The maximum absolute atomic E-state index is 11.6. The molecule has 1 aromatic rings. The van der Waals surface area contributed by atoms with Crippen molar-refractivity contribution in [2.75, 3.05) is 31.6 Å². The summed E-state index contributed by atoms with van der Waals surface area (Å²) >= 11 is 0. The van der Waals surface area contributed by atoms with Gasteiger partial charge >= 0.3 is 0 Å². The quantitative estimate of drug-likeness (QED) is 0.378. The van der Waals surface area contributed by atoms with Gasteiger partial charge in [0.25, 0.3) is 0 Å². The molecule has 1 saturated heterocycles. The van der Waals surface area contributed by atoms with E-state index in [1.807, 2.05) is 0 Å². The minimum absolute atomic E-state index is 0. The Hall–Kier alpha value is -0.830. The van der Waals surface area contributed by atoms with Crippen molar-refractivity contribution in [3.8, 4) is 0 Å². The Bertz CT molecular complexity index is 701. The molecule has 3 rings (SSSR count). The van der Waals surface area contributed by atoms with Crippen molar-refractivity contribution in [3.05, 3.63) is 35.9 Å². The lowest BCUT2D eigenvalue weighted by atomic mass is 9.79. The monoisotopic (exact) mass is 491 g/mol. The molecule has 1 aliphatic heterocycles. The summed E-state index contributed by atoms with van der Waals surface area (Å²) in [5, 5.41) is 6.80. The Kier molecular flexibility index (Phi) is 7.76. The number of rotatable bonds is 5. The van der Waals surface area contributed by atoms with Crippen molar-refractivity contribution >= 4 is 39.8 Å². The number of benzene rings is 1. The lowest BCUT2D eigenvalue weighted by Gasteiger charge is -2.31. The van der Waals surface area contributed by atoms with E-state index < -0.39 is 9.84 Å². The molecule has 1 aliphatic carbocycles. The van der Waals surface area contributed by atoms with Gasteiger partial charge in [0.2, 0.25) is 0 Å². The summed E-state index contributed by atoms with van der Waals surface area (Å²) < 4.78 is 23.2. The molecule has 1 aromatic carbocycles. The van der Waals surface area contributed by atoms with Crippen LogP contribution in [0, 0.1) is 5.92 Å². The summed E-state index contributed by atoms with van der Waals surface area (Å²) in [4.78, 5) is 4.32. The van der Waals surface area contributed by atoms with Crippen molar-refractivity contribution in [2.24, 2.45) is 10.9 Å². The lowest BCUT2D eigenvalue weighted by molar-refractivity contribution is 0.430. The van der Waals surface area contributed by atoms with Crippen LogP contribution in [0.2, 0.25) is 0 Å². The van der Waals surface area contributed by atoms with Gasteiger partial charge in [-0.3, -0.25) is 4.99 Å². The summed E-state index contributed by atoms with van der Waals surface area (Å²) in [5.41, 5.74) is 1.58. The molecule has 1 heterocycles. The minimum Gasteiger partial charge on any atom is -0.356 e. The second-order valence-electron chi connectivity index (χ2n) is 7.43. The van der Waals surface area contributed by atoms with Gasteiger partial charge in [0.1, 0.15) is 0 Å². The summed E-state index contributed by atoms with van der Waals surface area (Å²) in [6.07, 6.45) is 5.68. The molecule has 146 valence electrons. The van der Waals surface area contributed by atoms with Gasteiger partial charge < -0.3 is 10.6 Å². The topological polar surface area (TPSA) is 70.6 Å². The molecule has 7 heteroatoms. The van der Waals surface area contributed by atoms with Crippen LogP contribution in [0.3, 0.4) is 0 Å². The van der Waals surface area contributed by atoms with Crippen molar-refractivity contribution in [3.63, 3.8) is 0 Å². The fourth-order valence-corrected chi connectivity index (χ4v) is 6.02. The maximum atomic E-state index is 11.6. The van der Waals surface area contributed by atoms with Crippen molar-refractivity contribution in [2.45, 2.75) is 37.5 Å². The van der Waals surface area contributed by atoms with E-state index in [-0.39, 0.29) is 35.3 Å². The van der Waals surface area contributed by atoms with Crippen LogP contribution in [-0.4, -0.2) is 46.0 Å². The fraction of sp³-hybridized carbons (Fsp3) is 0.632. The van der Waals surface area contributed by atoms with Gasteiger partial charge in [-0.15, -0.1) is 24.0 Å². The van der Waals surface area contributed by atoms with Crippen LogP contribution in [0.5, 0.6) is 0 Å². The smallest absolute Gasteiger partial charge is 0.191 e. The van der Waals surface area contributed by atoms with Crippen LogP contribution >= 0.6 is 24.0 Å². The largest absolute Gasteiger partial charge is 0.356 e. The van der Waals surface area contributed by atoms with Crippen molar-refractivity contribution in [1.82, 2.24) is 10.6 Å². The zero-order chi connectivity index (χ0) is 17.8. The SMILES string of the molecule is CN=C(NCC1CCS(=O)(=O)C1)NCC1(c2ccccc2)CCCC1.I. The van der Waals surface area contributed by atoms with E-state index in [4.69, 9.17) is 0 Å². The maximum Gasteiger partial charge on any atom is 0.191 e. The molecule has 2 fully saturated rings. The number of aliphatic imine (C=N–C) groups is 1. The molecule has 0 bridgehead atoms. The number of guanidine groups is 1. The highest BCUT2D eigenvalue weighted by Crippen LogP contribution is 2.40. The molecular weight excluding hydrogens is 461 g/mol. The predicted octanol–water partition coefficient (Wildman–Crippen LogP) is 2.72. The van der Waals surface area contributed by atoms with E-state index >= 15 is 0 Å². The normalized spacial score (nSPS) is 24.0. The Labute approximate surface area is 174 Å². The highest BCUT2D eigenvalue weighted by Gasteiger charge is 2.35. The van der Waals surface area contributed by atoms with Crippen molar-refractivity contribution in [1.29, 1.82) is 0 Å². The third kappa shape index (κ3) is 5.34. The van der Waals surface area contributed by atoms with Crippen LogP contribution in [0.4, 0.5) is 0 Å². The first-order chi connectivity index (χ1) is 12.0. The lowest BCUT2D eigenvalue weighted by Crippen LogP contribution is -2.46. The molecule has 2 aliphatic rings. The summed E-state index contributed by atoms with van der Waals surface area (Å²) in [5.74, 6) is 1.58. The molecule has 1 atom stereocenters. The van der Waals surface area contributed by atoms with Crippen LogP contribution in [0.25, 0.3) is 0 Å². The Balaban J connectivity index is 0.00000243. The second kappa shape index (κ2) is 9.39. The third-order valence-electron chi connectivity index (χ3n) is 5.65. The van der Waals surface area contributed by atoms with Gasteiger partial charge in [0.05, 0.1) is 11.5 Å². The standard InChI is InChI=1S/C19H29N3O2S.HI/c1-20-18(21-13-16-9-12-25(23,24)14-16)22-15-19(10-5-6-11-19)17-7-3-2-4-8-17;/h2-4,7-8,16H,5-6,9-15H2,1H3,(H2,20,21,22);1H. The first kappa shape index (κ1) is 21.5. The Morgan fingerprint density at radius 3 is 2.46 bits per heavy atom. The van der Waals surface area contributed by atoms with E-state index in [0.29, 0.717) is 18.1 Å². The molecule has 1 unspecified atom stereocenters. The first-order valence-corrected chi connectivity index (χ1v) is 11.1. The fourth-order valence-electron chi connectivity index (χ4n) is 4.16. The van der Waals surface area contributed by atoms with E-state index in [1.54, 1.807) is 7.05 Å². The van der Waals surface area contributed by atoms with Gasteiger partial charge in [-0.25, -0.2) is 8.42 Å². The van der Waals surface area contributed by atoms with Crippen LogP contribution < -0.4 is 10.6 Å². The number of sulfone groups is 1. The number of halogens is 1. The summed E-state index contributed by atoms with van der Waals surface area (Å²) in [6, 6.07) is 10.8. The summed E-state index contributed by atoms with van der Waals surface area (Å²) in [6.45, 7) is 1.52. The van der Waals surface area contributed by atoms with Gasteiger partial charge in [0, 0.05) is 25.6 Å². The van der Waals surface area contributed by atoms with Gasteiger partial charge in [-0.2, -0.15) is 0 Å². The Morgan fingerprint density at radius 1 is 1.19 bits per heavy atom. The highest BCUT2D eigenvalue weighted by atomic mass is 127. The number of nitrogens with zero attached hydrogens (tertiary/aromatic N) is 1. The summed E-state index contributed by atoms with van der Waals surface area (Å²) in [7, 11) is -1.05. The minimum atomic E-state index is -2.82. The third-order valence-corrected chi connectivity index (χ3v) is 7.49. The number of hydrogen-bond acceptors (Lipinski definition) is 3. The average molecular weight is 491 g/mol. The molecule has 2 N–H and O–H groups in total. The first-order valence-electron chi connectivity index (χ1n) is 9.23. The van der Waals surface area contributed by atoms with E-state index in [0.717, 1.165) is 18.9 Å². The molecule has 26 heavy (non-hydrogen) atoms. The highest BCUT2D eigenvalue weighted by molar-refractivity contribution is 14.0. The molecule has 1 saturated carbocycles. The van der Waals surface area contributed by atoms with Gasteiger partial charge in [0.15, 0.2) is 15.8 Å².